The molecule has 2 aromatic rings. The number of ether oxygens (including phenoxy) is 2. The van der Waals surface area contributed by atoms with Crippen LogP contribution in [0, 0.1) is 11.7 Å². The Bertz CT molecular complexity index is 979. The first kappa shape index (κ1) is 27.7. The lowest BCUT2D eigenvalue weighted by Gasteiger charge is -2.33. The summed E-state index contributed by atoms with van der Waals surface area (Å²) in [5, 5.41) is 0. The Kier molecular flexibility index (Phi) is 10.7. The highest BCUT2D eigenvalue weighted by atomic mass is 19.1. The Balaban J connectivity index is 1.87. The van der Waals surface area contributed by atoms with Gasteiger partial charge in [0.15, 0.2) is 0 Å². The molecule has 0 aromatic heterocycles. The van der Waals surface area contributed by atoms with Crippen LogP contribution >= 0.6 is 0 Å². The van der Waals surface area contributed by atoms with Gasteiger partial charge in [-0.25, -0.2) is 4.39 Å². The number of hydrogen-bond donors (Lipinski definition) is 0. The van der Waals surface area contributed by atoms with Crippen molar-refractivity contribution in [2.45, 2.75) is 52.0 Å². The first-order valence-electron chi connectivity index (χ1n) is 12.9. The number of methoxy groups -OCH3 is 1. The number of rotatable bonds is 7. The smallest absolute Gasteiger partial charge is 0.257 e. The number of amides is 2. The zero-order chi connectivity index (χ0) is 25.9. The number of para-hydroxylation sites is 1. The molecule has 1 aliphatic heterocycles. The van der Waals surface area contributed by atoms with Gasteiger partial charge in [-0.15, -0.1) is 0 Å². The van der Waals surface area contributed by atoms with Gasteiger partial charge >= 0.3 is 0 Å². The molecule has 196 valence electrons. The molecule has 0 spiro atoms. The van der Waals surface area contributed by atoms with Crippen molar-refractivity contribution in [2.24, 2.45) is 5.92 Å². The van der Waals surface area contributed by atoms with E-state index >= 15 is 0 Å². The van der Waals surface area contributed by atoms with Crippen molar-refractivity contribution in [1.29, 1.82) is 0 Å². The van der Waals surface area contributed by atoms with Crippen molar-refractivity contribution in [3.8, 4) is 5.75 Å². The lowest BCUT2D eigenvalue weighted by molar-refractivity contribution is -0.134. The number of nitrogens with zero attached hydrogens (tertiary/aromatic N) is 2. The normalized spacial score (nSPS) is 17.6. The Labute approximate surface area is 214 Å². The van der Waals surface area contributed by atoms with Crippen molar-refractivity contribution in [1.82, 2.24) is 9.80 Å². The average Bonchev–Trinajstić information content (AvgIpc) is 2.87. The third-order valence-corrected chi connectivity index (χ3v) is 6.50. The van der Waals surface area contributed by atoms with E-state index in [9.17, 15) is 14.0 Å². The molecule has 7 heteroatoms. The summed E-state index contributed by atoms with van der Waals surface area (Å²) in [7, 11) is 1.63. The predicted molar refractivity (Wildman–Crippen MR) is 139 cm³/mol. The third kappa shape index (κ3) is 8.05. The van der Waals surface area contributed by atoms with Gasteiger partial charge in [-0.05, 0) is 61.4 Å². The first-order valence-corrected chi connectivity index (χ1v) is 12.9. The fourth-order valence-corrected chi connectivity index (χ4v) is 4.62. The van der Waals surface area contributed by atoms with Crippen LogP contribution in [0.5, 0.6) is 5.75 Å². The van der Waals surface area contributed by atoms with E-state index in [1.807, 2.05) is 28.0 Å². The highest BCUT2D eigenvalue weighted by Crippen LogP contribution is 2.24. The maximum absolute atomic E-state index is 13.5. The van der Waals surface area contributed by atoms with Crippen LogP contribution < -0.4 is 4.74 Å². The fourth-order valence-electron chi connectivity index (χ4n) is 4.62. The van der Waals surface area contributed by atoms with Gasteiger partial charge in [0.25, 0.3) is 5.91 Å². The maximum atomic E-state index is 13.5. The SMILES string of the molecule is COCCN1CCCCCN(C(=O)Cc2ccc(F)cc2)[C@@H](CC(C)C)COc2ccccc2C1=O. The molecular formula is C29H39FN2O4. The zero-order valence-electron chi connectivity index (χ0n) is 21.7. The molecule has 1 atom stereocenters. The molecule has 0 saturated heterocycles. The summed E-state index contributed by atoms with van der Waals surface area (Å²) in [5.41, 5.74) is 1.32. The molecule has 0 fully saturated rings. The molecule has 3 rings (SSSR count). The molecule has 0 aliphatic carbocycles. The molecule has 1 heterocycles. The van der Waals surface area contributed by atoms with Crippen LogP contribution in [0.4, 0.5) is 4.39 Å². The summed E-state index contributed by atoms with van der Waals surface area (Å²) in [6.45, 7) is 6.79. The van der Waals surface area contributed by atoms with Crippen molar-refractivity contribution < 1.29 is 23.5 Å². The van der Waals surface area contributed by atoms with Crippen molar-refractivity contribution >= 4 is 11.8 Å². The largest absolute Gasteiger partial charge is 0.491 e. The van der Waals surface area contributed by atoms with Gasteiger partial charge < -0.3 is 19.3 Å². The van der Waals surface area contributed by atoms with Crippen LogP contribution in [-0.4, -0.2) is 67.6 Å². The van der Waals surface area contributed by atoms with Crippen molar-refractivity contribution in [3.05, 3.63) is 65.5 Å². The molecule has 0 N–H and O–H groups in total. The number of halogens is 1. The van der Waals surface area contributed by atoms with Gasteiger partial charge in [-0.1, -0.05) is 38.1 Å². The van der Waals surface area contributed by atoms with Crippen LogP contribution in [0.2, 0.25) is 0 Å². The number of carbonyl (C=O) groups excluding carboxylic acids is 2. The Hall–Kier alpha value is -2.93. The number of hydrogen-bond acceptors (Lipinski definition) is 4. The molecule has 0 bridgehead atoms. The highest BCUT2D eigenvalue weighted by Gasteiger charge is 2.27. The fraction of sp³-hybridized carbons (Fsp3) is 0.517. The quantitative estimate of drug-likeness (QED) is 0.541. The van der Waals surface area contributed by atoms with E-state index in [0.717, 1.165) is 31.2 Å². The molecule has 36 heavy (non-hydrogen) atoms. The Morgan fingerprint density at radius 3 is 2.53 bits per heavy atom. The molecule has 2 amide bonds. The van der Waals surface area contributed by atoms with Crippen LogP contribution in [0.3, 0.4) is 0 Å². The van der Waals surface area contributed by atoms with Gasteiger partial charge in [0.05, 0.1) is 24.6 Å². The number of benzene rings is 2. The number of fused-ring (bicyclic) bond motifs is 1. The van der Waals surface area contributed by atoms with Gasteiger partial charge in [0, 0.05) is 26.7 Å². The summed E-state index contributed by atoms with van der Waals surface area (Å²) >= 11 is 0. The van der Waals surface area contributed by atoms with Gasteiger partial charge in [0.2, 0.25) is 5.91 Å². The predicted octanol–water partition coefficient (Wildman–Crippen LogP) is 4.96. The van der Waals surface area contributed by atoms with Crippen LogP contribution in [0.25, 0.3) is 0 Å². The minimum Gasteiger partial charge on any atom is -0.491 e. The minimum absolute atomic E-state index is 0.0109. The van der Waals surface area contributed by atoms with Crippen LogP contribution in [0.15, 0.2) is 48.5 Å². The van der Waals surface area contributed by atoms with E-state index in [2.05, 4.69) is 13.8 Å². The average molecular weight is 499 g/mol. The molecular weight excluding hydrogens is 459 g/mol. The van der Waals surface area contributed by atoms with Gasteiger partial charge in [0.1, 0.15) is 18.2 Å². The standard InChI is InChI=1S/C29H39FN2O4/c1-22(2)19-25-21-36-27-10-6-5-9-26(27)29(34)31(17-18-35-3)15-7-4-8-16-32(25)28(33)20-23-11-13-24(30)14-12-23/h5-6,9-14,22,25H,4,7-8,15-21H2,1-3H3/t25-/m0/s1. The summed E-state index contributed by atoms with van der Waals surface area (Å²) < 4.78 is 24.9. The topological polar surface area (TPSA) is 59.1 Å². The van der Waals surface area contributed by atoms with E-state index in [-0.39, 0.29) is 30.1 Å². The monoisotopic (exact) mass is 498 g/mol. The highest BCUT2D eigenvalue weighted by molar-refractivity contribution is 5.97. The van der Waals surface area contributed by atoms with Crippen LogP contribution in [-0.2, 0) is 16.0 Å². The summed E-state index contributed by atoms with van der Waals surface area (Å²) in [6, 6.07) is 13.3. The second-order valence-corrected chi connectivity index (χ2v) is 9.83. The molecule has 6 nitrogen and oxygen atoms in total. The minimum atomic E-state index is -0.313. The number of carbonyl (C=O) groups is 2. The zero-order valence-corrected chi connectivity index (χ0v) is 21.7. The summed E-state index contributed by atoms with van der Waals surface area (Å²) in [6.07, 6.45) is 3.57. The lowest BCUT2D eigenvalue weighted by Crippen LogP contribution is -2.45. The Morgan fingerprint density at radius 2 is 1.81 bits per heavy atom. The first-order chi connectivity index (χ1) is 17.4. The van der Waals surface area contributed by atoms with E-state index < -0.39 is 0 Å². The van der Waals surface area contributed by atoms with E-state index in [1.165, 1.54) is 12.1 Å². The van der Waals surface area contributed by atoms with Gasteiger partial charge in [-0.2, -0.15) is 0 Å². The third-order valence-electron chi connectivity index (χ3n) is 6.50. The van der Waals surface area contributed by atoms with E-state index in [1.54, 1.807) is 25.3 Å². The second kappa shape index (κ2) is 14.0. The van der Waals surface area contributed by atoms with Crippen molar-refractivity contribution in [3.63, 3.8) is 0 Å². The van der Waals surface area contributed by atoms with Crippen molar-refractivity contribution in [2.75, 3.05) is 40.0 Å². The van der Waals surface area contributed by atoms with Crippen LogP contribution in [0.1, 0.15) is 55.5 Å². The molecule has 0 unspecified atom stereocenters. The van der Waals surface area contributed by atoms with E-state index in [0.29, 0.717) is 50.1 Å². The molecule has 1 aliphatic rings. The molecule has 2 aromatic carbocycles. The Morgan fingerprint density at radius 1 is 1.08 bits per heavy atom. The molecule has 0 saturated carbocycles. The second-order valence-electron chi connectivity index (χ2n) is 9.83. The maximum Gasteiger partial charge on any atom is 0.257 e. The summed E-state index contributed by atoms with van der Waals surface area (Å²) in [5.74, 6) is 0.524. The van der Waals surface area contributed by atoms with Gasteiger partial charge in [-0.3, -0.25) is 9.59 Å². The molecule has 0 radical (unpaired) electrons. The summed E-state index contributed by atoms with van der Waals surface area (Å²) in [4.78, 5) is 30.7. The van der Waals surface area contributed by atoms with E-state index in [4.69, 9.17) is 9.47 Å². The lowest BCUT2D eigenvalue weighted by atomic mass is 10.0.